The van der Waals surface area contributed by atoms with E-state index >= 15 is 0 Å². The second-order valence-corrected chi connectivity index (χ2v) is 5.57. The highest BCUT2D eigenvalue weighted by atomic mass is 79.9. The zero-order valence-corrected chi connectivity index (χ0v) is 11.7. The average Bonchev–Trinajstić information content (AvgIpc) is 2.81. The van der Waals surface area contributed by atoms with Crippen LogP contribution in [0.1, 0.15) is 29.6 Å². The molecule has 1 N–H and O–H groups in total. The molecule has 4 heteroatoms. The van der Waals surface area contributed by atoms with Gasteiger partial charge in [-0.25, -0.2) is 0 Å². The van der Waals surface area contributed by atoms with Gasteiger partial charge in [-0.2, -0.15) is 0 Å². The van der Waals surface area contributed by atoms with Crippen molar-refractivity contribution in [1.29, 1.82) is 0 Å². The number of likely N-dealkylation sites (tertiary alicyclic amines) is 1. The lowest BCUT2D eigenvalue weighted by Gasteiger charge is -2.26. The molecule has 1 aromatic carbocycles. The van der Waals surface area contributed by atoms with Gasteiger partial charge < -0.3 is 9.88 Å². The van der Waals surface area contributed by atoms with E-state index in [9.17, 15) is 4.79 Å². The third-order valence-electron chi connectivity index (χ3n) is 3.54. The van der Waals surface area contributed by atoms with E-state index in [1.165, 1.54) is 6.42 Å². The summed E-state index contributed by atoms with van der Waals surface area (Å²) in [6.07, 6.45) is 5.37. The van der Waals surface area contributed by atoms with Gasteiger partial charge in [0.15, 0.2) is 0 Å². The molecule has 0 bridgehead atoms. The first kappa shape index (κ1) is 11.8. The first-order valence-electron chi connectivity index (χ1n) is 6.32. The number of fused-ring (bicyclic) bond motifs is 1. The van der Waals surface area contributed by atoms with Gasteiger partial charge in [0.25, 0.3) is 5.91 Å². The fourth-order valence-electron chi connectivity index (χ4n) is 2.57. The molecule has 3 nitrogen and oxygen atoms in total. The number of amides is 1. The smallest absolute Gasteiger partial charge is 0.255 e. The number of aromatic amines is 1. The number of nitrogens with zero attached hydrogens (tertiary/aromatic N) is 1. The number of aromatic nitrogens is 1. The maximum absolute atomic E-state index is 12.5. The fourth-order valence-corrected chi connectivity index (χ4v) is 3.01. The number of halogens is 1. The van der Waals surface area contributed by atoms with E-state index in [4.69, 9.17) is 0 Å². The molecule has 0 radical (unpaired) electrons. The van der Waals surface area contributed by atoms with Gasteiger partial charge in [-0.3, -0.25) is 4.79 Å². The molecule has 0 aliphatic carbocycles. The van der Waals surface area contributed by atoms with Crippen LogP contribution in [-0.2, 0) is 0 Å². The fraction of sp³-hybridized carbons (Fsp3) is 0.357. The largest absolute Gasteiger partial charge is 0.359 e. The van der Waals surface area contributed by atoms with Crippen molar-refractivity contribution in [1.82, 2.24) is 9.88 Å². The Morgan fingerprint density at radius 1 is 1.22 bits per heavy atom. The Labute approximate surface area is 114 Å². The Balaban J connectivity index is 2.00. The zero-order chi connectivity index (χ0) is 12.5. The van der Waals surface area contributed by atoms with Gasteiger partial charge in [-0.1, -0.05) is 12.1 Å². The third-order valence-corrected chi connectivity index (χ3v) is 4.19. The number of piperidine rings is 1. The molecule has 1 saturated heterocycles. The van der Waals surface area contributed by atoms with E-state index in [0.29, 0.717) is 0 Å². The Morgan fingerprint density at radius 2 is 2.00 bits per heavy atom. The number of para-hydroxylation sites is 1. The summed E-state index contributed by atoms with van der Waals surface area (Å²) in [7, 11) is 0. The molecule has 0 spiro atoms. The van der Waals surface area contributed by atoms with Crippen LogP contribution in [0.15, 0.2) is 28.9 Å². The average molecular weight is 307 g/mol. The van der Waals surface area contributed by atoms with Crippen molar-refractivity contribution >= 4 is 32.7 Å². The monoisotopic (exact) mass is 306 g/mol. The standard InChI is InChI=1S/C14H15BrN2O/c15-12-9-16-13-10(12)5-4-6-11(13)14(18)17-7-2-1-3-8-17/h4-6,9,16H,1-3,7-8H2. The highest BCUT2D eigenvalue weighted by Crippen LogP contribution is 2.27. The molecule has 2 aromatic rings. The maximum Gasteiger partial charge on any atom is 0.255 e. The minimum Gasteiger partial charge on any atom is -0.359 e. The topological polar surface area (TPSA) is 36.1 Å². The van der Waals surface area contributed by atoms with Gasteiger partial charge in [-0.05, 0) is 41.3 Å². The summed E-state index contributed by atoms with van der Waals surface area (Å²) in [5.41, 5.74) is 1.71. The van der Waals surface area contributed by atoms with Gasteiger partial charge in [0.1, 0.15) is 0 Å². The number of carbonyl (C=O) groups excluding carboxylic acids is 1. The summed E-state index contributed by atoms with van der Waals surface area (Å²) in [4.78, 5) is 17.7. The number of hydrogen-bond acceptors (Lipinski definition) is 1. The second kappa shape index (κ2) is 4.76. The first-order chi connectivity index (χ1) is 8.77. The highest BCUT2D eigenvalue weighted by molar-refractivity contribution is 9.10. The third kappa shape index (κ3) is 1.94. The molecule has 0 unspecified atom stereocenters. The summed E-state index contributed by atoms with van der Waals surface area (Å²) in [5.74, 6) is 0.148. The molecule has 18 heavy (non-hydrogen) atoms. The summed E-state index contributed by atoms with van der Waals surface area (Å²) in [6.45, 7) is 1.77. The first-order valence-corrected chi connectivity index (χ1v) is 7.11. The SMILES string of the molecule is O=C(c1cccc2c(Br)c[nH]c12)N1CCCCC1. The van der Waals surface area contributed by atoms with Crippen LogP contribution in [-0.4, -0.2) is 28.9 Å². The van der Waals surface area contributed by atoms with Crippen molar-refractivity contribution in [3.63, 3.8) is 0 Å². The van der Waals surface area contributed by atoms with Crippen LogP contribution in [0.2, 0.25) is 0 Å². The van der Waals surface area contributed by atoms with E-state index in [2.05, 4.69) is 20.9 Å². The maximum atomic E-state index is 12.5. The van der Waals surface area contributed by atoms with Crippen LogP contribution in [0.25, 0.3) is 10.9 Å². The molecule has 1 aromatic heterocycles. The van der Waals surface area contributed by atoms with E-state index in [-0.39, 0.29) is 5.91 Å². The number of nitrogens with one attached hydrogen (secondary N) is 1. The van der Waals surface area contributed by atoms with Crippen molar-refractivity contribution in [3.05, 3.63) is 34.4 Å². The van der Waals surface area contributed by atoms with Gasteiger partial charge in [-0.15, -0.1) is 0 Å². The van der Waals surface area contributed by atoms with Gasteiger partial charge in [0.2, 0.25) is 0 Å². The summed E-state index contributed by atoms with van der Waals surface area (Å²) < 4.78 is 1.01. The van der Waals surface area contributed by atoms with Crippen LogP contribution in [0.4, 0.5) is 0 Å². The van der Waals surface area contributed by atoms with Gasteiger partial charge in [0.05, 0.1) is 11.1 Å². The van der Waals surface area contributed by atoms with E-state index < -0.39 is 0 Å². The van der Waals surface area contributed by atoms with Crippen LogP contribution in [0, 0.1) is 0 Å². The normalized spacial score (nSPS) is 16.2. The number of rotatable bonds is 1. The van der Waals surface area contributed by atoms with Crippen LogP contribution >= 0.6 is 15.9 Å². The molecule has 94 valence electrons. The van der Waals surface area contributed by atoms with Crippen LogP contribution < -0.4 is 0 Å². The lowest BCUT2D eigenvalue weighted by atomic mass is 10.1. The molecule has 1 amide bonds. The van der Waals surface area contributed by atoms with Crippen molar-refractivity contribution in [2.75, 3.05) is 13.1 Å². The quantitative estimate of drug-likeness (QED) is 0.859. The minimum absolute atomic E-state index is 0.148. The Bertz CT molecular complexity index is 584. The molecular weight excluding hydrogens is 292 g/mol. The Morgan fingerprint density at radius 3 is 2.78 bits per heavy atom. The molecule has 0 saturated carbocycles. The van der Waals surface area contributed by atoms with Crippen molar-refractivity contribution in [2.24, 2.45) is 0 Å². The number of benzene rings is 1. The van der Waals surface area contributed by atoms with E-state index in [1.807, 2.05) is 29.3 Å². The predicted octanol–water partition coefficient (Wildman–Crippen LogP) is 3.56. The molecule has 0 atom stereocenters. The van der Waals surface area contributed by atoms with Crippen LogP contribution in [0.3, 0.4) is 0 Å². The van der Waals surface area contributed by atoms with Crippen molar-refractivity contribution < 1.29 is 4.79 Å². The molecule has 3 rings (SSSR count). The molecular formula is C14H15BrN2O. The minimum atomic E-state index is 0.148. The van der Waals surface area contributed by atoms with Gasteiger partial charge in [0, 0.05) is 29.1 Å². The van der Waals surface area contributed by atoms with E-state index in [1.54, 1.807) is 0 Å². The molecule has 1 fully saturated rings. The molecule has 1 aliphatic rings. The molecule has 1 aliphatic heterocycles. The second-order valence-electron chi connectivity index (χ2n) is 4.72. The van der Waals surface area contributed by atoms with Gasteiger partial charge >= 0.3 is 0 Å². The number of H-pyrrole nitrogens is 1. The lowest BCUT2D eigenvalue weighted by Crippen LogP contribution is -2.35. The Hall–Kier alpha value is -1.29. The lowest BCUT2D eigenvalue weighted by molar-refractivity contribution is 0.0726. The van der Waals surface area contributed by atoms with Crippen molar-refractivity contribution in [2.45, 2.75) is 19.3 Å². The summed E-state index contributed by atoms with van der Waals surface area (Å²) in [6, 6.07) is 5.86. The zero-order valence-electron chi connectivity index (χ0n) is 10.1. The van der Waals surface area contributed by atoms with E-state index in [0.717, 1.165) is 46.9 Å². The van der Waals surface area contributed by atoms with Crippen molar-refractivity contribution in [3.8, 4) is 0 Å². The number of carbonyl (C=O) groups is 1. The molecule has 2 heterocycles. The summed E-state index contributed by atoms with van der Waals surface area (Å²) >= 11 is 3.49. The summed E-state index contributed by atoms with van der Waals surface area (Å²) in [5, 5.41) is 1.07. The number of hydrogen-bond donors (Lipinski definition) is 1. The Kier molecular flexibility index (Phi) is 3.12. The van der Waals surface area contributed by atoms with Crippen LogP contribution in [0.5, 0.6) is 0 Å². The predicted molar refractivity (Wildman–Crippen MR) is 75.8 cm³/mol. The highest BCUT2D eigenvalue weighted by Gasteiger charge is 2.20.